The highest BCUT2D eigenvalue weighted by molar-refractivity contribution is 5.88. The molecule has 0 aromatic carbocycles. The lowest BCUT2D eigenvalue weighted by Gasteiger charge is -2.05. The number of aromatic nitrogens is 2. The van der Waals surface area contributed by atoms with Crippen molar-refractivity contribution in [1.29, 1.82) is 0 Å². The number of rotatable bonds is 4. The molecule has 0 aliphatic rings. The molecular weight excluding hydrogens is 246 g/mol. The Labute approximate surface area is 110 Å². The van der Waals surface area contributed by atoms with Crippen LogP contribution in [0.2, 0.25) is 0 Å². The van der Waals surface area contributed by atoms with Gasteiger partial charge < -0.3 is 14.8 Å². The van der Waals surface area contributed by atoms with Gasteiger partial charge in [0, 0.05) is 0 Å². The number of nitrogens with zero attached hydrogens (tertiary/aromatic N) is 2. The Morgan fingerprint density at radius 3 is 2.68 bits per heavy atom. The first-order chi connectivity index (χ1) is 8.97. The zero-order chi connectivity index (χ0) is 14.0. The molecule has 0 radical (unpaired) electrons. The first-order valence-electron chi connectivity index (χ1n) is 5.84. The molecule has 0 saturated heterocycles. The maximum absolute atomic E-state index is 10.9. The van der Waals surface area contributed by atoms with Gasteiger partial charge in [0.15, 0.2) is 0 Å². The summed E-state index contributed by atoms with van der Waals surface area (Å²) in [6.45, 7) is 5.77. The van der Waals surface area contributed by atoms with Crippen molar-refractivity contribution in [1.82, 2.24) is 9.97 Å². The normalized spacial score (nSPS) is 10.5. The van der Waals surface area contributed by atoms with E-state index in [9.17, 15) is 4.79 Å². The SMILES string of the molecule is Cc1ncc(NCc2cc(C(=O)O)c(C)o2)nc1C. The highest BCUT2D eigenvalue weighted by Gasteiger charge is 2.13. The van der Waals surface area contributed by atoms with E-state index < -0.39 is 5.97 Å². The van der Waals surface area contributed by atoms with Crippen molar-refractivity contribution in [2.45, 2.75) is 27.3 Å². The van der Waals surface area contributed by atoms with Gasteiger partial charge in [-0.2, -0.15) is 0 Å². The van der Waals surface area contributed by atoms with Gasteiger partial charge in [0.1, 0.15) is 22.9 Å². The Morgan fingerprint density at radius 1 is 1.37 bits per heavy atom. The van der Waals surface area contributed by atoms with Crippen molar-refractivity contribution >= 4 is 11.8 Å². The minimum absolute atomic E-state index is 0.183. The number of hydrogen-bond donors (Lipinski definition) is 2. The quantitative estimate of drug-likeness (QED) is 0.878. The number of carbonyl (C=O) groups is 1. The lowest BCUT2D eigenvalue weighted by molar-refractivity contribution is 0.0695. The molecule has 0 amide bonds. The van der Waals surface area contributed by atoms with Crippen LogP contribution in [0.1, 0.15) is 33.3 Å². The number of carboxylic acid groups (broad SMARTS) is 1. The topological polar surface area (TPSA) is 88.2 Å². The van der Waals surface area contributed by atoms with E-state index in [2.05, 4.69) is 15.3 Å². The summed E-state index contributed by atoms with van der Waals surface area (Å²) in [7, 11) is 0. The van der Waals surface area contributed by atoms with Crippen LogP contribution in [0, 0.1) is 20.8 Å². The van der Waals surface area contributed by atoms with Crippen molar-refractivity contribution in [3.05, 3.63) is 40.7 Å². The molecule has 0 aliphatic carbocycles. The number of aromatic carboxylic acids is 1. The van der Waals surface area contributed by atoms with Crippen molar-refractivity contribution in [2.24, 2.45) is 0 Å². The molecule has 6 nitrogen and oxygen atoms in total. The van der Waals surface area contributed by atoms with Crippen LogP contribution in [0.5, 0.6) is 0 Å². The van der Waals surface area contributed by atoms with Crippen molar-refractivity contribution in [2.75, 3.05) is 5.32 Å². The van der Waals surface area contributed by atoms with Crippen LogP contribution in [0.15, 0.2) is 16.7 Å². The lowest BCUT2D eigenvalue weighted by Crippen LogP contribution is -2.03. The third kappa shape index (κ3) is 2.90. The first-order valence-corrected chi connectivity index (χ1v) is 5.84. The Balaban J connectivity index is 2.08. The van der Waals surface area contributed by atoms with Gasteiger partial charge in [-0.3, -0.25) is 4.98 Å². The van der Waals surface area contributed by atoms with E-state index in [1.807, 2.05) is 13.8 Å². The molecule has 0 spiro atoms. The van der Waals surface area contributed by atoms with Gasteiger partial charge in [-0.15, -0.1) is 0 Å². The van der Waals surface area contributed by atoms with Gasteiger partial charge in [0.2, 0.25) is 0 Å². The molecule has 0 bridgehead atoms. The van der Waals surface area contributed by atoms with Gasteiger partial charge in [-0.1, -0.05) is 0 Å². The third-order valence-electron chi connectivity index (χ3n) is 2.84. The van der Waals surface area contributed by atoms with E-state index in [1.165, 1.54) is 6.07 Å². The molecule has 0 saturated carbocycles. The fourth-order valence-electron chi connectivity index (χ4n) is 1.65. The van der Waals surface area contributed by atoms with E-state index in [0.717, 1.165) is 11.4 Å². The number of anilines is 1. The highest BCUT2D eigenvalue weighted by atomic mass is 16.4. The molecule has 2 N–H and O–H groups in total. The summed E-state index contributed by atoms with van der Waals surface area (Å²) >= 11 is 0. The van der Waals surface area contributed by atoms with Gasteiger partial charge in [-0.05, 0) is 26.8 Å². The van der Waals surface area contributed by atoms with Crippen LogP contribution >= 0.6 is 0 Å². The molecule has 2 heterocycles. The van der Waals surface area contributed by atoms with Crippen LogP contribution in [-0.4, -0.2) is 21.0 Å². The maximum Gasteiger partial charge on any atom is 0.339 e. The van der Waals surface area contributed by atoms with Crippen LogP contribution in [0.4, 0.5) is 5.82 Å². The highest BCUT2D eigenvalue weighted by Crippen LogP contribution is 2.16. The Morgan fingerprint density at radius 2 is 2.11 bits per heavy atom. The average molecular weight is 261 g/mol. The van der Waals surface area contributed by atoms with E-state index in [4.69, 9.17) is 9.52 Å². The van der Waals surface area contributed by atoms with Crippen molar-refractivity contribution < 1.29 is 14.3 Å². The molecule has 0 atom stereocenters. The molecule has 0 aliphatic heterocycles. The molecule has 2 rings (SSSR count). The Bertz CT molecular complexity index is 620. The Kier molecular flexibility index (Phi) is 3.50. The number of carboxylic acids is 1. The predicted molar refractivity (Wildman–Crippen MR) is 69.2 cm³/mol. The molecule has 100 valence electrons. The fourth-order valence-corrected chi connectivity index (χ4v) is 1.65. The van der Waals surface area contributed by atoms with E-state index >= 15 is 0 Å². The zero-order valence-corrected chi connectivity index (χ0v) is 11.0. The molecule has 2 aromatic heterocycles. The summed E-state index contributed by atoms with van der Waals surface area (Å²) in [4.78, 5) is 19.4. The van der Waals surface area contributed by atoms with Gasteiger partial charge in [-0.25, -0.2) is 9.78 Å². The van der Waals surface area contributed by atoms with E-state index in [1.54, 1.807) is 13.1 Å². The fraction of sp³-hybridized carbons (Fsp3) is 0.308. The lowest BCUT2D eigenvalue weighted by atomic mass is 10.2. The summed E-state index contributed by atoms with van der Waals surface area (Å²) in [6, 6.07) is 1.51. The summed E-state index contributed by atoms with van der Waals surface area (Å²) in [6.07, 6.45) is 1.64. The summed E-state index contributed by atoms with van der Waals surface area (Å²) in [5, 5.41) is 12.0. The van der Waals surface area contributed by atoms with Crippen molar-refractivity contribution in [3.63, 3.8) is 0 Å². The molecule has 0 unspecified atom stereocenters. The van der Waals surface area contributed by atoms with Gasteiger partial charge >= 0.3 is 5.97 Å². The smallest absolute Gasteiger partial charge is 0.339 e. The monoisotopic (exact) mass is 261 g/mol. The van der Waals surface area contributed by atoms with Crippen LogP contribution in [0.3, 0.4) is 0 Å². The number of hydrogen-bond acceptors (Lipinski definition) is 5. The molecular formula is C13H15N3O3. The second kappa shape index (κ2) is 5.09. The van der Waals surface area contributed by atoms with Gasteiger partial charge in [0.25, 0.3) is 0 Å². The molecule has 6 heteroatoms. The van der Waals surface area contributed by atoms with Crippen molar-refractivity contribution in [3.8, 4) is 0 Å². The number of nitrogens with one attached hydrogen (secondary N) is 1. The predicted octanol–water partition coefficient (Wildman–Crippen LogP) is 2.31. The van der Waals surface area contributed by atoms with Crippen LogP contribution in [-0.2, 0) is 6.54 Å². The molecule has 0 fully saturated rings. The molecule has 2 aromatic rings. The van der Waals surface area contributed by atoms with E-state index in [0.29, 0.717) is 23.9 Å². The second-order valence-electron chi connectivity index (χ2n) is 4.27. The summed E-state index contributed by atoms with van der Waals surface area (Å²) < 4.78 is 5.36. The minimum Gasteiger partial charge on any atom is -0.478 e. The summed E-state index contributed by atoms with van der Waals surface area (Å²) in [5.74, 6) is 0.595. The van der Waals surface area contributed by atoms with Crippen LogP contribution < -0.4 is 5.32 Å². The minimum atomic E-state index is -0.988. The average Bonchev–Trinajstić information content (AvgIpc) is 2.72. The largest absolute Gasteiger partial charge is 0.478 e. The third-order valence-corrected chi connectivity index (χ3v) is 2.84. The Hall–Kier alpha value is -2.37. The number of aryl methyl sites for hydroxylation is 3. The number of furan rings is 1. The van der Waals surface area contributed by atoms with Gasteiger partial charge in [0.05, 0.1) is 24.1 Å². The van der Waals surface area contributed by atoms with Crippen LogP contribution in [0.25, 0.3) is 0 Å². The van der Waals surface area contributed by atoms with E-state index in [-0.39, 0.29) is 5.56 Å². The zero-order valence-electron chi connectivity index (χ0n) is 11.0. The summed E-state index contributed by atoms with van der Waals surface area (Å²) in [5.41, 5.74) is 1.92. The molecule has 19 heavy (non-hydrogen) atoms. The standard InChI is InChI=1S/C13H15N3O3/c1-7-8(2)16-12(6-14-7)15-5-10-4-11(13(17)18)9(3)19-10/h4,6H,5H2,1-3H3,(H,15,16)(H,17,18). The maximum atomic E-state index is 10.9. The second-order valence-corrected chi connectivity index (χ2v) is 4.27. The first kappa shape index (κ1) is 13.1.